The van der Waals surface area contributed by atoms with Crippen LogP contribution in [0.25, 0.3) is 0 Å². The molecule has 0 unspecified atom stereocenters. The first-order valence-corrected chi connectivity index (χ1v) is 7.99. The number of halogens is 1. The van der Waals surface area contributed by atoms with E-state index in [1.807, 2.05) is 24.3 Å². The number of hydrogen-bond acceptors (Lipinski definition) is 3. The van der Waals surface area contributed by atoms with E-state index in [9.17, 15) is 9.90 Å². The van der Waals surface area contributed by atoms with Gasteiger partial charge in [-0.15, -0.1) is 0 Å². The highest BCUT2D eigenvalue weighted by atomic mass is 79.9. The topological polar surface area (TPSA) is 66.0 Å². The van der Waals surface area contributed by atoms with Gasteiger partial charge in [-0.25, -0.2) is 0 Å². The van der Waals surface area contributed by atoms with Crippen molar-refractivity contribution in [1.29, 1.82) is 0 Å². The van der Waals surface area contributed by atoms with Gasteiger partial charge in [0.2, 0.25) is 5.88 Å². The number of nitrogens with zero attached hydrogens (tertiary/aromatic N) is 1. The van der Waals surface area contributed by atoms with Gasteiger partial charge in [-0.3, -0.25) is 4.79 Å². The number of aromatic nitrogens is 2. The van der Waals surface area contributed by atoms with Gasteiger partial charge in [0.15, 0.2) is 0 Å². The third-order valence-electron chi connectivity index (χ3n) is 4.01. The highest BCUT2D eigenvalue weighted by Crippen LogP contribution is 2.35. The molecule has 110 valence electrons. The zero-order valence-electron chi connectivity index (χ0n) is 11.6. The molecule has 5 heteroatoms. The van der Waals surface area contributed by atoms with Gasteiger partial charge in [-0.1, -0.05) is 40.9 Å². The molecule has 0 spiro atoms. The summed E-state index contributed by atoms with van der Waals surface area (Å²) in [6, 6.07) is 7.82. The number of nitrogens with one attached hydrogen (secondary N) is 1. The van der Waals surface area contributed by atoms with Crippen LogP contribution in [-0.2, 0) is 6.42 Å². The minimum Gasteiger partial charge on any atom is -0.493 e. The molecule has 0 atom stereocenters. The van der Waals surface area contributed by atoms with E-state index in [4.69, 9.17) is 0 Å². The predicted molar refractivity (Wildman–Crippen MR) is 84.7 cm³/mol. The molecule has 2 N–H and O–H groups in total. The lowest BCUT2D eigenvalue weighted by Gasteiger charge is -2.11. The lowest BCUT2D eigenvalue weighted by atomic mass is 10.00. The van der Waals surface area contributed by atoms with Gasteiger partial charge in [-0.05, 0) is 36.5 Å². The second kappa shape index (κ2) is 6.02. The number of H-pyrrole nitrogens is 1. The SMILES string of the molecule is O=c1[nH]c(Cc2cccc(Br)c2)nc(O)c1C1CCCC1. The molecule has 1 heterocycles. The number of aromatic amines is 1. The Morgan fingerprint density at radius 2 is 2.10 bits per heavy atom. The maximum absolute atomic E-state index is 12.2. The average Bonchev–Trinajstić information content (AvgIpc) is 2.91. The summed E-state index contributed by atoms with van der Waals surface area (Å²) in [4.78, 5) is 19.2. The van der Waals surface area contributed by atoms with Crippen molar-refractivity contribution in [3.63, 3.8) is 0 Å². The third kappa shape index (κ3) is 3.18. The molecule has 2 aromatic rings. The van der Waals surface area contributed by atoms with Crippen molar-refractivity contribution < 1.29 is 5.11 Å². The largest absolute Gasteiger partial charge is 0.493 e. The van der Waals surface area contributed by atoms with Crippen molar-refractivity contribution in [2.24, 2.45) is 0 Å². The molecule has 0 bridgehead atoms. The summed E-state index contributed by atoms with van der Waals surface area (Å²) in [5.41, 5.74) is 1.30. The fraction of sp³-hybridized carbons (Fsp3) is 0.375. The third-order valence-corrected chi connectivity index (χ3v) is 4.50. The Bertz CT molecular complexity index is 706. The van der Waals surface area contributed by atoms with Crippen molar-refractivity contribution in [2.45, 2.75) is 38.0 Å². The predicted octanol–water partition coefficient (Wildman–Crippen LogP) is 3.49. The lowest BCUT2D eigenvalue weighted by molar-refractivity contribution is 0.432. The van der Waals surface area contributed by atoms with Crippen LogP contribution >= 0.6 is 15.9 Å². The molecular weight excluding hydrogens is 332 g/mol. The first-order chi connectivity index (χ1) is 10.1. The van der Waals surface area contributed by atoms with Gasteiger partial charge in [0, 0.05) is 10.9 Å². The Morgan fingerprint density at radius 3 is 2.76 bits per heavy atom. The maximum Gasteiger partial charge on any atom is 0.258 e. The number of hydrogen-bond donors (Lipinski definition) is 2. The monoisotopic (exact) mass is 348 g/mol. The van der Waals surface area contributed by atoms with E-state index < -0.39 is 0 Å². The van der Waals surface area contributed by atoms with Crippen LogP contribution in [0.4, 0.5) is 0 Å². The van der Waals surface area contributed by atoms with E-state index in [2.05, 4.69) is 25.9 Å². The van der Waals surface area contributed by atoms with Gasteiger partial charge in [0.25, 0.3) is 5.56 Å². The molecule has 3 rings (SSSR count). The first-order valence-electron chi connectivity index (χ1n) is 7.20. The van der Waals surface area contributed by atoms with Gasteiger partial charge >= 0.3 is 0 Å². The molecule has 1 aliphatic rings. The molecule has 1 aromatic carbocycles. The Kier molecular flexibility index (Phi) is 4.10. The molecule has 0 radical (unpaired) electrons. The second-order valence-electron chi connectivity index (χ2n) is 5.54. The van der Waals surface area contributed by atoms with Crippen molar-refractivity contribution in [1.82, 2.24) is 9.97 Å². The van der Waals surface area contributed by atoms with E-state index in [-0.39, 0.29) is 17.4 Å². The van der Waals surface area contributed by atoms with E-state index in [0.29, 0.717) is 17.8 Å². The summed E-state index contributed by atoms with van der Waals surface area (Å²) < 4.78 is 0.981. The Balaban J connectivity index is 1.89. The minimum absolute atomic E-state index is 0.101. The fourth-order valence-corrected chi connectivity index (χ4v) is 3.47. The Hall–Kier alpha value is -1.62. The van der Waals surface area contributed by atoms with E-state index in [1.165, 1.54) is 0 Å². The summed E-state index contributed by atoms with van der Waals surface area (Å²) in [6.45, 7) is 0. The molecule has 0 saturated heterocycles. The van der Waals surface area contributed by atoms with Crippen molar-refractivity contribution >= 4 is 15.9 Å². The Morgan fingerprint density at radius 1 is 1.33 bits per heavy atom. The van der Waals surface area contributed by atoms with Crippen LogP contribution in [0.5, 0.6) is 5.88 Å². The molecule has 1 fully saturated rings. The van der Waals surface area contributed by atoms with E-state index in [1.54, 1.807) is 0 Å². The normalized spacial score (nSPS) is 15.5. The van der Waals surface area contributed by atoms with E-state index >= 15 is 0 Å². The first kappa shape index (κ1) is 14.3. The molecule has 1 saturated carbocycles. The molecule has 1 aromatic heterocycles. The zero-order chi connectivity index (χ0) is 14.8. The van der Waals surface area contributed by atoms with Crippen LogP contribution in [0, 0.1) is 0 Å². The van der Waals surface area contributed by atoms with Crippen molar-refractivity contribution in [3.8, 4) is 5.88 Å². The summed E-state index contributed by atoms with van der Waals surface area (Å²) in [7, 11) is 0. The van der Waals surface area contributed by atoms with Crippen LogP contribution in [0.3, 0.4) is 0 Å². The molecule has 0 amide bonds. The highest BCUT2D eigenvalue weighted by molar-refractivity contribution is 9.10. The fourth-order valence-electron chi connectivity index (χ4n) is 3.02. The standard InChI is InChI=1S/C16H17BrN2O2/c17-12-7-3-4-10(8-12)9-13-18-15(20)14(16(21)19-13)11-5-1-2-6-11/h3-4,7-8,11H,1-2,5-6,9H2,(H2,18,19,20,21). The number of benzene rings is 1. The summed E-state index contributed by atoms with van der Waals surface area (Å²) in [5, 5.41) is 10.1. The van der Waals surface area contributed by atoms with E-state index in [0.717, 1.165) is 35.7 Å². The maximum atomic E-state index is 12.2. The van der Waals surface area contributed by atoms with Gasteiger partial charge in [0.1, 0.15) is 5.82 Å². The van der Waals surface area contributed by atoms with Gasteiger partial charge < -0.3 is 10.1 Å². The van der Waals surface area contributed by atoms with Gasteiger partial charge in [0.05, 0.1) is 5.56 Å². The van der Waals surface area contributed by atoms with Crippen LogP contribution in [0.1, 0.15) is 48.6 Å². The van der Waals surface area contributed by atoms with Crippen molar-refractivity contribution in [2.75, 3.05) is 0 Å². The summed E-state index contributed by atoms with van der Waals surface area (Å²) >= 11 is 3.42. The molecule has 21 heavy (non-hydrogen) atoms. The van der Waals surface area contributed by atoms with Crippen molar-refractivity contribution in [3.05, 3.63) is 56.0 Å². The minimum atomic E-state index is -0.195. The van der Waals surface area contributed by atoms with Crippen LogP contribution in [0.15, 0.2) is 33.5 Å². The summed E-state index contributed by atoms with van der Waals surface area (Å²) in [5.74, 6) is 0.550. The number of aromatic hydroxyl groups is 1. The Labute approximate surface area is 131 Å². The van der Waals surface area contributed by atoms with Crippen LogP contribution in [-0.4, -0.2) is 15.1 Å². The zero-order valence-corrected chi connectivity index (χ0v) is 13.2. The molecule has 1 aliphatic carbocycles. The smallest absolute Gasteiger partial charge is 0.258 e. The van der Waals surface area contributed by atoms with Crippen LogP contribution in [0.2, 0.25) is 0 Å². The molecule has 0 aliphatic heterocycles. The lowest BCUT2D eigenvalue weighted by Crippen LogP contribution is -2.19. The molecule has 4 nitrogen and oxygen atoms in total. The second-order valence-corrected chi connectivity index (χ2v) is 6.45. The number of rotatable bonds is 3. The van der Waals surface area contributed by atoms with Gasteiger partial charge in [-0.2, -0.15) is 4.98 Å². The quantitative estimate of drug-likeness (QED) is 0.892. The highest BCUT2D eigenvalue weighted by Gasteiger charge is 2.24. The molecular formula is C16H17BrN2O2. The van der Waals surface area contributed by atoms with Crippen LogP contribution < -0.4 is 5.56 Å². The average molecular weight is 349 g/mol. The summed E-state index contributed by atoms with van der Waals surface area (Å²) in [6.07, 6.45) is 4.65.